The number of hydrogen-bond acceptors (Lipinski definition) is 6. The molecule has 0 unspecified atom stereocenters. The molecule has 2 aliphatic heterocycles. The number of nitrogens with zero attached hydrogens (tertiary/aromatic N) is 3. The topological polar surface area (TPSA) is 84.4 Å². The fourth-order valence-electron chi connectivity index (χ4n) is 4.56. The zero-order chi connectivity index (χ0) is 22.9. The van der Waals surface area contributed by atoms with Crippen LogP contribution in [0, 0.1) is 20.8 Å². The number of amides is 1. The number of ketones is 1. The SMILES string of the molecule is Cc1cc(C)nc(NCCCC(=O)N2CCC3(CC2)CC(=O)c2cc(Cl)cc(C)c2O3)n1. The molecule has 0 bridgehead atoms. The van der Waals surface area contributed by atoms with Gasteiger partial charge in [0.15, 0.2) is 5.78 Å². The van der Waals surface area contributed by atoms with Gasteiger partial charge in [0.2, 0.25) is 11.9 Å². The lowest BCUT2D eigenvalue weighted by atomic mass is 9.82. The number of hydrogen-bond donors (Lipinski definition) is 1. The Labute approximate surface area is 193 Å². The van der Waals surface area contributed by atoms with Gasteiger partial charge in [-0.15, -0.1) is 0 Å². The van der Waals surface area contributed by atoms with Gasteiger partial charge in [0.05, 0.1) is 12.0 Å². The van der Waals surface area contributed by atoms with E-state index in [0.717, 1.165) is 17.0 Å². The number of rotatable bonds is 5. The molecule has 32 heavy (non-hydrogen) atoms. The summed E-state index contributed by atoms with van der Waals surface area (Å²) in [7, 11) is 0. The van der Waals surface area contributed by atoms with Crippen molar-refractivity contribution in [3.63, 3.8) is 0 Å². The van der Waals surface area contributed by atoms with Crippen molar-refractivity contribution in [2.75, 3.05) is 25.0 Å². The fraction of sp³-hybridized carbons (Fsp3) is 0.500. The van der Waals surface area contributed by atoms with Gasteiger partial charge in [-0.1, -0.05) is 11.6 Å². The van der Waals surface area contributed by atoms with Crippen LogP contribution in [0.25, 0.3) is 0 Å². The number of fused-ring (bicyclic) bond motifs is 1. The fourth-order valence-corrected chi connectivity index (χ4v) is 4.83. The Morgan fingerprint density at radius 2 is 1.84 bits per heavy atom. The zero-order valence-electron chi connectivity index (χ0n) is 18.8. The molecule has 7 nitrogen and oxygen atoms in total. The predicted octanol–water partition coefficient (Wildman–Crippen LogP) is 4.27. The smallest absolute Gasteiger partial charge is 0.223 e. The number of ether oxygens (including phenoxy) is 1. The van der Waals surface area contributed by atoms with E-state index in [-0.39, 0.29) is 11.7 Å². The normalized spacial score (nSPS) is 17.1. The van der Waals surface area contributed by atoms with E-state index >= 15 is 0 Å². The highest BCUT2D eigenvalue weighted by Crippen LogP contribution is 2.42. The highest BCUT2D eigenvalue weighted by molar-refractivity contribution is 6.31. The van der Waals surface area contributed by atoms with E-state index < -0.39 is 5.60 Å². The highest BCUT2D eigenvalue weighted by atomic mass is 35.5. The maximum atomic E-state index is 12.8. The van der Waals surface area contributed by atoms with Crippen LogP contribution < -0.4 is 10.1 Å². The van der Waals surface area contributed by atoms with Gasteiger partial charge in [0.1, 0.15) is 11.4 Å². The summed E-state index contributed by atoms with van der Waals surface area (Å²) in [4.78, 5) is 36.1. The third-order valence-electron chi connectivity index (χ3n) is 6.20. The molecule has 1 amide bonds. The number of halogens is 1. The summed E-state index contributed by atoms with van der Waals surface area (Å²) in [5.74, 6) is 1.45. The predicted molar refractivity (Wildman–Crippen MR) is 124 cm³/mol. The van der Waals surface area contributed by atoms with Crippen molar-refractivity contribution in [3.8, 4) is 5.75 Å². The molecule has 4 rings (SSSR count). The molecule has 8 heteroatoms. The molecule has 1 N–H and O–H groups in total. The number of anilines is 1. The minimum atomic E-state index is -0.526. The summed E-state index contributed by atoms with van der Waals surface area (Å²) in [5.41, 5.74) is 2.75. The molecule has 0 radical (unpaired) electrons. The van der Waals surface area contributed by atoms with Gasteiger partial charge in [0, 0.05) is 55.3 Å². The number of piperidine rings is 1. The standard InChI is InChI=1S/C24H29ClN4O3/c1-15-11-18(25)13-19-20(30)14-24(32-22(15)19)6-9-29(10-7-24)21(31)5-4-8-26-23-27-16(2)12-17(3)28-23/h11-13H,4-10,14H2,1-3H3,(H,26,27,28). The maximum absolute atomic E-state index is 12.8. The second-order valence-corrected chi connectivity index (χ2v) is 9.31. The molecule has 1 aromatic heterocycles. The molecule has 1 aromatic carbocycles. The quantitative estimate of drug-likeness (QED) is 0.676. The number of likely N-dealkylation sites (tertiary alicyclic amines) is 1. The van der Waals surface area contributed by atoms with Crippen LogP contribution in [0.2, 0.25) is 5.02 Å². The van der Waals surface area contributed by atoms with Crippen LogP contribution in [-0.2, 0) is 4.79 Å². The van der Waals surface area contributed by atoms with Gasteiger partial charge >= 0.3 is 0 Å². The van der Waals surface area contributed by atoms with Crippen molar-refractivity contribution >= 4 is 29.2 Å². The summed E-state index contributed by atoms with van der Waals surface area (Å²) in [6, 6.07) is 5.44. The van der Waals surface area contributed by atoms with Gasteiger partial charge in [-0.2, -0.15) is 0 Å². The van der Waals surface area contributed by atoms with Crippen molar-refractivity contribution in [2.24, 2.45) is 0 Å². The lowest BCUT2D eigenvalue weighted by Crippen LogP contribution is -2.52. The first kappa shape index (κ1) is 22.5. The number of Topliss-reactive ketones (excluding diaryl/α,β-unsaturated/α-hetero) is 1. The van der Waals surface area contributed by atoms with E-state index in [0.29, 0.717) is 74.0 Å². The second-order valence-electron chi connectivity index (χ2n) is 8.87. The summed E-state index contributed by atoms with van der Waals surface area (Å²) in [5, 5.41) is 3.74. The monoisotopic (exact) mass is 456 g/mol. The van der Waals surface area contributed by atoms with Crippen LogP contribution in [-0.4, -0.2) is 51.8 Å². The van der Waals surface area contributed by atoms with Crippen LogP contribution in [0.5, 0.6) is 5.75 Å². The molecule has 170 valence electrons. The molecule has 1 spiro atoms. The maximum Gasteiger partial charge on any atom is 0.223 e. The van der Waals surface area contributed by atoms with E-state index in [9.17, 15) is 9.59 Å². The van der Waals surface area contributed by atoms with Crippen LogP contribution in [0.4, 0.5) is 5.95 Å². The molecule has 2 aliphatic rings. The highest BCUT2D eigenvalue weighted by Gasteiger charge is 2.44. The van der Waals surface area contributed by atoms with E-state index in [4.69, 9.17) is 16.3 Å². The van der Waals surface area contributed by atoms with Crippen molar-refractivity contribution in [1.82, 2.24) is 14.9 Å². The van der Waals surface area contributed by atoms with E-state index in [1.807, 2.05) is 37.8 Å². The lowest BCUT2D eigenvalue weighted by molar-refractivity contribution is -0.134. The van der Waals surface area contributed by atoms with Crippen LogP contribution in [0.1, 0.15) is 59.4 Å². The van der Waals surface area contributed by atoms with Crippen molar-refractivity contribution in [1.29, 1.82) is 0 Å². The van der Waals surface area contributed by atoms with Gasteiger partial charge in [-0.25, -0.2) is 9.97 Å². The second kappa shape index (κ2) is 9.06. The average molecular weight is 457 g/mol. The van der Waals surface area contributed by atoms with Gasteiger partial charge in [-0.05, 0) is 51.0 Å². The molecule has 1 saturated heterocycles. The Hall–Kier alpha value is -2.67. The summed E-state index contributed by atoms with van der Waals surface area (Å²) < 4.78 is 6.37. The van der Waals surface area contributed by atoms with Crippen molar-refractivity contribution < 1.29 is 14.3 Å². The Morgan fingerprint density at radius 1 is 1.16 bits per heavy atom. The van der Waals surface area contributed by atoms with E-state index in [1.54, 1.807) is 6.07 Å². The third kappa shape index (κ3) is 4.88. The number of benzene rings is 1. The number of carbonyl (C=O) groups excluding carboxylic acids is 2. The van der Waals surface area contributed by atoms with Gasteiger partial charge in [-0.3, -0.25) is 9.59 Å². The molecule has 0 aliphatic carbocycles. The molecule has 0 saturated carbocycles. The molecular weight excluding hydrogens is 428 g/mol. The third-order valence-corrected chi connectivity index (χ3v) is 6.42. The van der Waals surface area contributed by atoms with Crippen molar-refractivity contribution in [3.05, 3.63) is 45.7 Å². The summed E-state index contributed by atoms with van der Waals surface area (Å²) >= 11 is 6.12. The van der Waals surface area contributed by atoms with Crippen LogP contribution in [0.15, 0.2) is 18.2 Å². The lowest BCUT2D eigenvalue weighted by Gasteiger charge is -2.44. The largest absolute Gasteiger partial charge is 0.486 e. The Morgan fingerprint density at radius 3 is 2.53 bits per heavy atom. The number of nitrogens with one attached hydrogen (secondary N) is 1. The average Bonchev–Trinajstić information content (AvgIpc) is 2.72. The molecule has 1 fully saturated rings. The van der Waals surface area contributed by atoms with E-state index in [2.05, 4.69) is 15.3 Å². The molecule has 2 aromatic rings. The molecular formula is C24H29ClN4O3. The zero-order valence-corrected chi connectivity index (χ0v) is 19.6. The first-order chi connectivity index (χ1) is 15.2. The van der Waals surface area contributed by atoms with Gasteiger partial charge in [0.25, 0.3) is 0 Å². The summed E-state index contributed by atoms with van der Waals surface area (Å²) in [6.45, 7) is 7.62. The van der Waals surface area contributed by atoms with E-state index in [1.165, 1.54) is 0 Å². The van der Waals surface area contributed by atoms with Crippen molar-refractivity contribution in [2.45, 2.75) is 58.5 Å². The molecule has 0 atom stereocenters. The minimum absolute atomic E-state index is 0.0660. The number of carbonyl (C=O) groups is 2. The van der Waals surface area contributed by atoms with Crippen LogP contribution >= 0.6 is 11.6 Å². The number of aromatic nitrogens is 2. The van der Waals surface area contributed by atoms with Crippen LogP contribution in [0.3, 0.4) is 0 Å². The minimum Gasteiger partial charge on any atom is -0.486 e. The van der Waals surface area contributed by atoms with Gasteiger partial charge < -0.3 is 15.0 Å². The molecule has 3 heterocycles. The number of aryl methyl sites for hydroxylation is 3. The Balaban J connectivity index is 1.28. The first-order valence-electron chi connectivity index (χ1n) is 11.1. The Kier molecular flexibility index (Phi) is 6.38. The Bertz CT molecular complexity index is 1030. The summed E-state index contributed by atoms with van der Waals surface area (Å²) in [6.07, 6.45) is 2.81. The first-order valence-corrected chi connectivity index (χ1v) is 11.5.